The maximum absolute atomic E-state index is 11.2. The van der Waals surface area contributed by atoms with Gasteiger partial charge in [-0.15, -0.1) is 0 Å². The number of nitro groups is 1. The Kier molecular flexibility index (Phi) is 5.51. The molecule has 2 heterocycles. The topological polar surface area (TPSA) is 121 Å². The van der Waals surface area contributed by atoms with Crippen LogP contribution >= 0.6 is 15.9 Å². The van der Waals surface area contributed by atoms with Gasteiger partial charge in [0, 0.05) is 38.3 Å². The van der Waals surface area contributed by atoms with Crippen molar-refractivity contribution >= 4 is 33.1 Å². The molecule has 0 amide bonds. The minimum atomic E-state index is -0.516. The molecule has 1 fully saturated rings. The fourth-order valence-electron chi connectivity index (χ4n) is 2.53. The molecule has 0 aromatic carbocycles. The summed E-state index contributed by atoms with van der Waals surface area (Å²) in [5, 5.41) is 23.0. The lowest BCUT2D eigenvalue weighted by molar-refractivity contribution is -0.383. The van der Waals surface area contributed by atoms with Crippen LogP contribution in [0.2, 0.25) is 0 Å². The van der Waals surface area contributed by atoms with E-state index < -0.39 is 4.92 Å². The Bertz CT molecular complexity index is 595. The number of nitrogens with one attached hydrogen (secondary N) is 1. The zero-order valence-electron chi connectivity index (χ0n) is 12.0. The van der Waals surface area contributed by atoms with Gasteiger partial charge < -0.3 is 16.0 Å². The van der Waals surface area contributed by atoms with Crippen molar-refractivity contribution in [3.63, 3.8) is 0 Å². The molecule has 22 heavy (non-hydrogen) atoms. The van der Waals surface area contributed by atoms with E-state index in [1.54, 1.807) is 0 Å². The summed E-state index contributed by atoms with van der Waals surface area (Å²) in [5.74, 6) is -0.0952. The average Bonchev–Trinajstić information content (AvgIpc) is 2.50. The molecule has 1 aliphatic rings. The van der Waals surface area contributed by atoms with Crippen molar-refractivity contribution in [2.75, 3.05) is 30.7 Å². The fraction of sp³-hybridized carbons (Fsp3) is 0.538. The lowest BCUT2D eigenvalue weighted by Gasteiger charge is -2.32. The summed E-state index contributed by atoms with van der Waals surface area (Å²) in [4.78, 5) is 16.7. The van der Waals surface area contributed by atoms with Crippen molar-refractivity contribution < 1.29 is 4.92 Å². The zero-order chi connectivity index (χ0) is 16.1. The van der Waals surface area contributed by atoms with Crippen LogP contribution in [0.5, 0.6) is 0 Å². The molecule has 0 unspecified atom stereocenters. The van der Waals surface area contributed by atoms with Crippen LogP contribution in [-0.4, -0.2) is 40.5 Å². The maximum Gasteiger partial charge on any atom is 0.335 e. The Hall–Kier alpha value is -1.92. The molecule has 2 rings (SSSR count). The van der Waals surface area contributed by atoms with Gasteiger partial charge in [-0.2, -0.15) is 5.26 Å². The molecule has 0 saturated carbocycles. The third-order valence-corrected chi connectivity index (χ3v) is 4.29. The van der Waals surface area contributed by atoms with Crippen LogP contribution in [-0.2, 0) is 0 Å². The molecule has 1 aromatic rings. The van der Waals surface area contributed by atoms with Gasteiger partial charge in [-0.05, 0) is 28.8 Å². The first-order chi connectivity index (χ1) is 10.5. The van der Waals surface area contributed by atoms with Crippen LogP contribution in [0.3, 0.4) is 0 Å². The van der Waals surface area contributed by atoms with E-state index in [4.69, 9.17) is 11.0 Å². The Morgan fingerprint density at radius 1 is 1.59 bits per heavy atom. The Morgan fingerprint density at radius 2 is 2.27 bits per heavy atom. The highest BCUT2D eigenvalue weighted by Gasteiger charge is 2.26. The van der Waals surface area contributed by atoms with Gasteiger partial charge in [0.25, 0.3) is 0 Å². The van der Waals surface area contributed by atoms with Crippen molar-refractivity contribution in [2.24, 2.45) is 0 Å². The molecule has 1 saturated heterocycles. The summed E-state index contributed by atoms with van der Waals surface area (Å²) in [5.41, 5.74) is 5.81. The highest BCUT2D eigenvalue weighted by atomic mass is 79.9. The molecule has 0 atom stereocenters. The Balaban J connectivity index is 2.05. The number of aromatic nitrogens is 1. The molecule has 118 valence electrons. The van der Waals surface area contributed by atoms with Crippen molar-refractivity contribution in [3.8, 4) is 6.07 Å². The minimum Gasteiger partial charge on any atom is -0.378 e. The summed E-state index contributed by atoms with van der Waals surface area (Å²) in [6.45, 7) is 2.51. The number of rotatable bonds is 5. The van der Waals surface area contributed by atoms with E-state index in [1.807, 2.05) is 0 Å². The molecule has 9 heteroatoms. The van der Waals surface area contributed by atoms with Crippen LogP contribution in [0.25, 0.3) is 0 Å². The normalized spacial score (nSPS) is 16.2. The average molecular weight is 369 g/mol. The molecule has 0 aliphatic carbocycles. The van der Waals surface area contributed by atoms with Gasteiger partial charge >= 0.3 is 5.69 Å². The van der Waals surface area contributed by atoms with Gasteiger partial charge in [0.1, 0.15) is 5.69 Å². The van der Waals surface area contributed by atoms with E-state index in [2.05, 4.69) is 37.2 Å². The number of pyridine rings is 1. The van der Waals surface area contributed by atoms with Crippen LogP contribution < -0.4 is 11.1 Å². The number of nitriles is 1. The van der Waals surface area contributed by atoms with Gasteiger partial charge in [-0.25, -0.2) is 4.98 Å². The summed E-state index contributed by atoms with van der Waals surface area (Å²) in [7, 11) is 0. The first-order valence-electron chi connectivity index (χ1n) is 6.97. The van der Waals surface area contributed by atoms with Crippen LogP contribution in [0.15, 0.2) is 10.7 Å². The van der Waals surface area contributed by atoms with Crippen molar-refractivity contribution in [1.29, 1.82) is 5.26 Å². The van der Waals surface area contributed by atoms with Crippen LogP contribution in [0, 0.1) is 21.4 Å². The number of anilines is 2. The molecule has 1 aromatic heterocycles. The number of piperidine rings is 1. The monoisotopic (exact) mass is 368 g/mol. The lowest BCUT2D eigenvalue weighted by Crippen LogP contribution is -2.39. The second-order valence-corrected chi connectivity index (χ2v) is 5.99. The molecule has 0 radical (unpaired) electrons. The van der Waals surface area contributed by atoms with Gasteiger partial charge in [0.15, 0.2) is 0 Å². The number of nitrogens with zero attached hydrogens (tertiary/aromatic N) is 4. The van der Waals surface area contributed by atoms with Crippen molar-refractivity contribution in [3.05, 3.63) is 20.8 Å². The van der Waals surface area contributed by atoms with Crippen LogP contribution in [0.1, 0.15) is 19.3 Å². The SMILES string of the molecule is N#CCCN1CCC(Nc2c(Br)cnc(N)c2[N+](=O)[O-])CC1. The minimum absolute atomic E-state index is 0.0952. The molecule has 0 spiro atoms. The first kappa shape index (κ1) is 16.5. The number of nitrogen functional groups attached to an aromatic ring is 1. The predicted octanol–water partition coefficient (Wildman–Crippen LogP) is 2.12. The highest BCUT2D eigenvalue weighted by molar-refractivity contribution is 9.10. The zero-order valence-corrected chi connectivity index (χ0v) is 13.5. The summed E-state index contributed by atoms with van der Waals surface area (Å²) in [6, 6.07) is 2.27. The van der Waals surface area contributed by atoms with Gasteiger partial charge in [0.2, 0.25) is 5.82 Å². The van der Waals surface area contributed by atoms with E-state index >= 15 is 0 Å². The molecule has 1 aliphatic heterocycles. The van der Waals surface area contributed by atoms with Gasteiger partial charge in [-0.1, -0.05) is 0 Å². The summed E-state index contributed by atoms with van der Waals surface area (Å²) in [6.07, 6.45) is 3.71. The second-order valence-electron chi connectivity index (χ2n) is 5.14. The molecule has 8 nitrogen and oxygen atoms in total. The molecule has 0 bridgehead atoms. The predicted molar refractivity (Wildman–Crippen MR) is 86.3 cm³/mol. The van der Waals surface area contributed by atoms with Gasteiger partial charge in [-0.3, -0.25) is 10.1 Å². The van der Waals surface area contributed by atoms with E-state index in [9.17, 15) is 10.1 Å². The van der Waals surface area contributed by atoms with Crippen LogP contribution in [0.4, 0.5) is 17.2 Å². The third kappa shape index (κ3) is 3.84. The summed E-state index contributed by atoms with van der Waals surface area (Å²) >= 11 is 3.29. The standard InChI is InChI=1S/C13H17BrN6O2/c14-10-8-17-13(16)12(20(21)22)11(10)18-9-2-6-19(7-3-9)5-1-4-15/h8-9H,1-3,5-7H2,(H3,16,17,18). The highest BCUT2D eigenvalue weighted by Crippen LogP contribution is 2.36. The summed E-state index contributed by atoms with van der Waals surface area (Å²) < 4.78 is 0.528. The van der Waals surface area contributed by atoms with E-state index in [0.29, 0.717) is 16.6 Å². The smallest absolute Gasteiger partial charge is 0.335 e. The third-order valence-electron chi connectivity index (χ3n) is 3.69. The molecule has 3 N–H and O–H groups in total. The Labute approximate surface area is 136 Å². The quantitative estimate of drug-likeness (QED) is 0.602. The van der Waals surface area contributed by atoms with E-state index in [0.717, 1.165) is 32.5 Å². The largest absolute Gasteiger partial charge is 0.378 e. The molecular formula is C13H17BrN6O2. The van der Waals surface area contributed by atoms with E-state index in [1.165, 1.54) is 6.20 Å². The van der Waals surface area contributed by atoms with E-state index in [-0.39, 0.29) is 17.5 Å². The number of halogens is 1. The lowest BCUT2D eigenvalue weighted by atomic mass is 10.0. The maximum atomic E-state index is 11.2. The molecular weight excluding hydrogens is 352 g/mol. The Morgan fingerprint density at radius 3 is 2.86 bits per heavy atom. The van der Waals surface area contributed by atoms with Gasteiger partial charge in [0.05, 0.1) is 15.5 Å². The number of hydrogen-bond acceptors (Lipinski definition) is 7. The van der Waals surface area contributed by atoms with Crippen molar-refractivity contribution in [1.82, 2.24) is 9.88 Å². The number of hydrogen-bond donors (Lipinski definition) is 2. The number of likely N-dealkylation sites (tertiary alicyclic amines) is 1. The number of nitrogens with two attached hydrogens (primary N) is 1. The second kappa shape index (κ2) is 7.38. The van der Waals surface area contributed by atoms with Crippen molar-refractivity contribution in [2.45, 2.75) is 25.3 Å². The first-order valence-corrected chi connectivity index (χ1v) is 7.76. The fourth-order valence-corrected chi connectivity index (χ4v) is 2.93.